The van der Waals surface area contributed by atoms with Crippen LogP contribution in [-0.2, 0) is 11.2 Å². The molecule has 1 aliphatic heterocycles. The summed E-state index contributed by atoms with van der Waals surface area (Å²) in [6.45, 7) is 0.854. The van der Waals surface area contributed by atoms with E-state index in [1.54, 1.807) is 7.11 Å². The van der Waals surface area contributed by atoms with Crippen LogP contribution in [0.5, 0.6) is 5.75 Å². The summed E-state index contributed by atoms with van der Waals surface area (Å²) >= 11 is 0. The normalized spacial score (nSPS) is 25.6. The Bertz CT molecular complexity index is 486. The minimum Gasteiger partial charge on any atom is -0.497 e. The number of methoxy groups -OCH3 is 1. The van der Waals surface area contributed by atoms with Crippen molar-refractivity contribution in [3.05, 3.63) is 29.8 Å². The van der Waals surface area contributed by atoms with Crippen molar-refractivity contribution in [1.29, 1.82) is 0 Å². The summed E-state index contributed by atoms with van der Waals surface area (Å²) in [6, 6.07) is 8.67. The highest BCUT2D eigenvalue weighted by atomic mass is 16.5. The minimum absolute atomic E-state index is 0.366. The predicted octanol–water partition coefficient (Wildman–Crippen LogP) is 3.03. The second-order valence-corrected chi connectivity index (χ2v) is 6.00. The molecule has 20 heavy (non-hydrogen) atoms. The molecule has 3 heteroatoms. The maximum atomic E-state index is 12.2. The molecule has 2 atom stereocenters. The van der Waals surface area contributed by atoms with Gasteiger partial charge in [-0.25, -0.2) is 0 Å². The molecular formula is C17H23NO2. The van der Waals surface area contributed by atoms with Gasteiger partial charge in [0, 0.05) is 19.0 Å². The molecule has 1 amide bonds. The summed E-state index contributed by atoms with van der Waals surface area (Å²) in [5.41, 5.74) is 1.25. The van der Waals surface area contributed by atoms with E-state index in [9.17, 15) is 4.79 Å². The van der Waals surface area contributed by atoms with E-state index >= 15 is 0 Å². The lowest BCUT2D eigenvalue weighted by molar-refractivity contribution is -0.129. The average Bonchev–Trinajstić information content (AvgIpc) is 2.81. The Morgan fingerprint density at radius 1 is 1.30 bits per heavy atom. The van der Waals surface area contributed by atoms with Crippen LogP contribution in [0.25, 0.3) is 0 Å². The molecule has 3 rings (SSSR count). The second kappa shape index (κ2) is 5.86. The summed E-state index contributed by atoms with van der Waals surface area (Å²) in [5, 5.41) is 0. The first-order valence-corrected chi connectivity index (χ1v) is 7.70. The van der Waals surface area contributed by atoms with Gasteiger partial charge in [-0.2, -0.15) is 0 Å². The van der Waals surface area contributed by atoms with Crippen molar-refractivity contribution >= 4 is 5.91 Å². The van der Waals surface area contributed by atoms with Crippen molar-refractivity contribution < 1.29 is 9.53 Å². The third-order valence-corrected chi connectivity index (χ3v) is 4.80. The van der Waals surface area contributed by atoms with Gasteiger partial charge in [0.05, 0.1) is 7.11 Å². The van der Waals surface area contributed by atoms with Gasteiger partial charge in [0.15, 0.2) is 0 Å². The molecule has 1 aromatic rings. The van der Waals surface area contributed by atoms with Crippen LogP contribution in [0.3, 0.4) is 0 Å². The highest BCUT2D eigenvalue weighted by Gasteiger charge is 2.40. The number of benzene rings is 1. The SMILES string of the molecule is COc1cccc(CCN2C(=O)C[C@@H]3CCCC[C@@H]32)c1. The fourth-order valence-corrected chi connectivity index (χ4v) is 3.73. The van der Waals surface area contributed by atoms with Crippen LogP contribution in [0, 0.1) is 5.92 Å². The predicted molar refractivity (Wildman–Crippen MR) is 78.8 cm³/mol. The van der Waals surface area contributed by atoms with Gasteiger partial charge in [0.2, 0.25) is 5.91 Å². The van der Waals surface area contributed by atoms with Gasteiger partial charge in [0.25, 0.3) is 0 Å². The molecule has 0 N–H and O–H groups in total. The zero-order valence-corrected chi connectivity index (χ0v) is 12.2. The summed E-state index contributed by atoms with van der Waals surface area (Å²) in [5.74, 6) is 1.89. The molecule has 1 aromatic carbocycles. The summed E-state index contributed by atoms with van der Waals surface area (Å²) in [7, 11) is 1.69. The molecule has 0 aromatic heterocycles. The van der Waals surface area contributed by atoms with Gasteiger partial charge in [-0.05, 0) is 42.9 Å². The van der Waals surface area contributed by atoms with E-state index in [-0.39, 0.29) is 0 Å². The number of carbonyl (C=O) groups excluding carboxylic acids is 1. The first-order chi connectivity index (χ1) is 9.78. The Hall–Kier alpha value is -1.51. The van der Waals surface area contributed by atoms with E-state index in [1.807, 2.05) is 12.1 Å². The summed E-state index contributed by atoms with van der Waals surface area (Å²) < 4.78 is 5.25. The molecule has 3 nitrogen and oxygen atoms in total. The Balaban J connectivity index is 1.63. The first-order valence-electron chi connectivity index (χ1n) is 7.70. The van der Waals surface area contributed by atoms with Gasteiger partial charge < -0.3 is 9.64 Å². The zero-order chi connectivity index (χ0) is 13.9. The van der Waals surface area contributed by atoms with Crippen LogP contribution >= 0.6 is 0 Å². The van der Waals surface area contributed by atoms with Gasteiger partial charge >= 0.3 is 0 Å². The fourth-order valence-electron chi connectivity index (χ4n) is 3.73. The Morgan fingerprint density at radius 2 is 2.15 bits per heavy atom. The highest BCUT2D eigenvalue weighted by molar-refractivity contribution is 5.79. The zero-order valence-electron chi connectivity index (χ0n) is 12.2. The smallest absolute Gasteiger partial charge is 0.223 e. The van der Waals surface area contributed by atoms with Crippen molar-refractivity contribution in [1.82, 2.24) is 4.90 Å². The standard InChI is InChI=1S/C17H23NO2/c1-20-15-7-4-5-13(11-15)9-10-18-16-8-3-2-6-14(16)12-17(18)19/h4-5,7,11,14,16H,2-3,6,8-10,12H2,1H3/t14-,16-/m0/s1. The number of ether oxygens (including phenoxy) is 1. The summed E-state index contributed by atoms with van der Waals surface area (Å²) in [6.07, 6.45) is 6.73. The Kier molecular flexibility index (Phi) is 3.95. The third-order valence-electron chi connectivity index (χ3n) is 4.80. The minimum atomic E-state index is 0.366. The lowest BCUT2D eigenvalue weighted by Gasteiger charge is -2.31. The molecule has 1 aliphatic carbocycles. The molecule has 0 radical (unpaired) electrons. The quantitative estimate of drug-likeness (QED) is 0.844. The first kappa shape index (κ1) is 13.5. The lowest BCUT2D eigenvalue weighted by atomic mass is 9.85. The van der Waals surface area contributed by atoms with Gasteiger partial charge in [-0.3, -0.25) is 4.79 Å². The highest BCUT2D eigenvalue weighted by Crippen LogP contribution is 2.36. The Morgan fingerprint density at radius 3 is 3.00 bits per heavy atom. The molecule has 0 bridgehead atoms. The van der Waals surface area contributed by atoms with Crippen LogP contribution in [0.1, 0.15) is 37.7 Å². The van der Waals surface area contributed by atoms with Gasteiger partial charge in [-0.1, -0.05) is 25.0 Å². The maximum absolute atomic E-state index is 12.2. The van der Waals surface area contributed by atoms with Crippen molar-refractivity contribution in [2.75, 3.05) is 13.7 Å². The largest absolute Gasteiger partial charge is 0.497 e. The van der Waals surface area contributed by atoms with Crippen LogP contribution in [0.4, 0.5) is 0 Å². The number of hydrogen-bond acceptors (Lipinski definition) is 2. The molecule has 1 heterocycles. The molecule has 108 valence electrons. The van der Waals surface area contributed by atoms with E-state index in [4.69, 9.17) is 4.74 Å². The monoisotopic (exact) mass is 273 g/mol. The molecule has 1 saturated carbocycles. The molecule has 0 spiro atoms. The lowest BCUT2D eigenvalue weighted by Crippen LogP contribution is -2.38. The van der Waals surface area contributed by atoms with Crippen molar-refractivity contribution in [3.63, 3.8) is 0 Å². The average molecular weight is 273 g/mol. The van der Waals surface area contributed by atoms with Crippen molar-refractivity contribution in [3.8, 4) is 5.75 Å². The maximum Gasteiger partial charge on any atom is 0.223 e. The van der Waals surface area contributed by atoms with E-state index in [0.29, 0.717) is 17.9 Å². The van der Waals surface area contributed by atoms with E-state index in [2.05, 4.69) is 17.0 Å². The topological polar surface area (TPSA) is 29.5 Å². The molecule has 2 aliphatic rings. The second-order valence-electron chi connectivity index (χ2n) is 6.00. The van der Waals surface area contributed by atoms with Crippen molar-refractivity contribution in [2.24, 2.45) is 5.92 Å². The number of rotatable bonds is 4. The molecule has 1 saturated heterocycles. The number of likely N-dealkylation sites (tertiary alicyclic amines) is 1. The number of nitrogens with zero attached hydrogens (tertiary/aromatic N) is 1. The number of amides is 1. The van der Waals surface area contributed by atoms with Crippen molar-refractivity contribution in [2.45, 2.75) is 44.6 Å². The third kappa shape index (κ3) is 2.67. The number of hydrogen-bond donors (Lipinski definition) is 0. The molecular weight excluding hydrogens is 250 g/mol. The Labute approximate surface area is 120 Å². The fraction of sp³-hybridized carbons (Fsp3) is 0.588. The van der Waals surface area contributed by atoms with Crippen LogP contribution < -0.4 is 4.74 Å². The van der Waals surface area contributed by atoms with Crippen LogP contribution in [0.15, 0.2) is 24.3 Å². The van der Waals surface area contributed by atoms with E-state index in [0.717, 1.165) is 25.1 Å². The van der Waals surface area contributed by atoms with Crippen LogP contribution in [-0.4, -0.2) is 30.5 Å². The molecule has 2 fully saturated rings. The van der Waals surface area contributed by atoms with E-state index < -0.39 is 0 Å². The number of carbonyl (C=O) groups is 1. The molecule has 0 unspecified atom stereocenters. The number of fused-ring (bicyclic) bond motifs is 1. The van der Waals surface area contributed by atoms with Crippen LogP contribution in [0.2, 0.25) is 0 Å². The van der Waals surface area contributed by atoms with Gasteiger partial charge in [0.1, 0.15) is 5.75 Å². The summed E-state index contributed by atoms with van der Waals surface area (Å²) in [4.78, 5) is 14.3. The van der Waals surface area contributed by atoms with Gasteiger partial charge in [-0.15, -0.1) is 0 Å². The van der Waals surface area contributed by atoms with E-state index in [1.165, 1.54) is 31.2 Å².